The van der Waals surface area contributed by atoms with E-state index >= 15 is 0 Å². The Morgan fingerprint density at radius 3 is 2.48 bits per heavy atom. The molecule has 0 bridgehead atoms. The number of amides is 2. The number of aryl methyl sites for hydroxylation is 1. The predicted molar refractivity (Wildman–Crippen MR) is 146 cm³/mol. The SMILES string of the molecule is Cc1cc(Cl)cc(C(N)=O)c1NC(=O)c1cc(Cn2nnnc2-c2ccc(C(F)(F)F)cc2)nn1-c1ncccc1Cl. The van der Waals surface area contributed by atoms with Crippen LogP contribution in [0.25, 0.3) is 17.2 Å². The van der Waals surface area contributed by atoms with Crippen molar-refractivity contribution in [3.8, 4) is 17.2 Å². The number of hydrogen-bond acceptors (Lipinski definition) is 7. The molecule has 11 nitrogen and oxygen atoms in total. The van der Waals surface area contributed by atoms with Crippen molar-refractivity contribution in [2.24, 2.45) is 5.73 Å². The Labute approximate surface area is 245 Å². The summed E-state index contributed by atoms with van der Waals surface area (Å²) < 4.78 is 41.6. The second-order valence-corrected chi connectivity index (χ2v) is 9.78. The number of anilines is 1. The Bertz CT molecular complexity index is 1820. The van der Waals surface area contributed by atoms with Gasteiger partial charge in [-0.2, -0.15) is 18.3 Å². The van der Waals surface area contributed by atoms with E-state index in [9.17, 15) is 22.8 Å². The summed E-state index contributed by atoms with van der Waals surface area (Å²) in [4.78, 5) is 29.9. The quantitative estimate of drug-likeness (QED) is 0.263. The highest BCUT2D eigenvalue weighted by Gasteiger charge is 2.30. The van der Waals surface area contributed by atoms with Crippen molar-refractivity contribution in [2.75, 3.05) is 5.32 Å². The molecule has 0 fully saturated rings. The molecule has 5 aromatic rings. The van der Waals surface area contributed by atoms with Crippen LogP contribution in [0.2, 0.25) is 10.0 Å². The minimum absolute atomic E-state index is 0.00498. The summed E-state index contributed by atoms with van der Waals surface area (Å²) in [6.45, 7) is 1.57. The molecule has 0 aliphatic heterocycles. The maximum Gasteiger partial charge on any atom is 0.416 e. The Kier molecular flexibility index (Phi) is 7.67. The van der Waals surface area contributed by atoms with Crippen molar-refractivity contribution in [3.05, 3.63) is 98.9 Å². The molecule has 3 aromatic heterocycles. The van der Waals surface area contributed by atoms with Gasteiger partial charge in [0.2, 0.25) is 0 Å². The number of rotatable bonds is 7. The smallest absolute Gasteiger partial charge is 0.366 e. The third-order valence-corrected chi connectivity index (χ3v) is 6.56. The van der Waals surface area contributed by atoms with Crippen molar-refractivity contribution in [2.45, 2.75) is 19.6 Å². The minimum Gasteiger partial charge on any atom is -0.366 e. The number of aromatic nitrogens is 7. The lowest BCUT2D eigenvalue weighted by molar-refractivity contribution is -0.137. The highest BCUT2D eigenvalue weighted by atomic mass is 35.5. The third kappa shape index (κ3) is 5.80. The predicted octanol–water partition coefficient (Wildman–Crippen LogP) is 4.95. The maximum atomic E-state index is 13.6. The molecule has 0 saturated heterocycles. The van der Waals surface area contributed by atoms with Gasteiger partial charge < -0.3 is 11.1 Å². The molecule has 0 aliphatic rings. The fourth-order valence-electron chi connectivity index (χ4n) is 4.12. The van der Waals surface area contributed by atoms with Crippen molar-refractivity contribution in [3.63, 3.8) is 0 Å². The Morgan fingerprint density at radius 1 is 1.07 bits per heavy atom. The number of primary amides is 1. The van der Waals surface area contributed by atoms with E-state index in [0.29, 0.717) is 11.1 Å². The molecule has 2 amide bonds. The summed E-state index contributed by atoms with van der Waals surface area (Å²) in [6, 6.07) is 11.8. The van der Waals surface area contributed by atoms with E-state index in [1.807, 2.05) is 0 Å². The number of carbonyl (C=O) groups excluding carboxylic acids is 2. The van der Waals surface area contributed by atoms with Crippen LogP contribution in [0.4, 0.5) is 18.9 Å². The molecule has 3 N–H and O–H groups in total. The Balaban J connectivity index is 1.52. The lowest BCUT2D eigenvalue weighted by atomic mass is 10.1. The van der Waals surface area contributed by atoms with Gasteiger partial charge in [0.25, 0.3) is 11.8 Å². The fourth-order valence-corrected chi connectivity index (χ4v) is 4.60. The summed E-state index contributed by atoms with van der Waals surface area (Å²) >= 11 is 12.4. The van der Waals surface area contributed by atoms with Gasteiger partial charge in [0.1, 0.15) is 5.69 Å². The second kappa shape index (κ2) is 11.2. The minimum atomic E-state index is -4.50. The van der Waals surface area contributed by atoms with Crippen LogP contribution >= 0.6 is 23.2 Å². The zero-order valence-corrected chi connectivity index (χ0v) is 22.9. The molecular weight excluding hydrogens is 598 g/mol. The summed E-state index contributed by atoms with van der Waals surface area (Å²) in [5, 5.41) is 19.1. The molecule has 5 rings (SSSR count). The zero-order valence-electron chi connectivity index (χ0n) is 21.4. The molecule has 3 heterocycles. The third-order valence-electron chi connectivity index (χ3n) is 6.05. The molecule has 0 aliphatic carbocycles. The lowest BCUT2D eigenvalue weighted by Gasteiger charge is -2.13. The van der Waals surface area contributed by atoms with Gasteiger partial charge in [0, 0.05) is 16.8 Å². The van der Waals surface area contributed by atoms with Gasteiger partial charge in [0.15, 0.2) is 11.6 Å². The number of hydrogen-bond donors (Lipinski definition) is 2. The van der Waals surface area contributed by atoms with Crippen molar-refractivity contribution in [1.82, 2.24) is 35.0 Å². The summed E-state index contributed by atoms with van der Waals surface area (Å²) in [5.41, 5.74) is 5.94. The first-order valence-electron chi connectivity index (χ1n) is 12.0. The van der Waals surface area contributed by atoms with Gasteiger partial charge in [0.05, 0.1) is 34.1 Å². The van der Waals surface area contributed by atoms with E-state index in [1.54, 1.807) is 25.1 Å². The average Bonchev–Trinajstić information content (AvgIpc) is 3.57. The van der Waals surface area contributed by atoms with Crippen molar-refractivity contribution < 1.29 is 22.8 Å². The highest BCUT2D eigenvalue weighted by Crippen LogP contribution is 2.31. The number of tetrazole rings is 1. The molecule has 0 saturated carbocycles. The summed E-state index contributed by atoms with van der Waals surface area (Å²) in [7, 11) is 0. The molecule has 42 heavy (non-hydrogen) atoms. The Hall–Kier alpha value is -4.82. The van der Waals surface area contributed by atoms with Crippen LogP contribution < -0.4 is 11.1 Å². The van der Waals surface area contributed by atoms with E-state index in [1.165, 1.54) is 39.8 Å². The number of nitrogens with zero attached hydrogens (tertiary/aromatic N) is 7. The van der Waals surface area contributed by atoms with Crippen LogP contribution in [0.1, 0.15) is 37.7 Å². The van der Waals surface area contributed by atoms with E-state index < -0.39 is 23.6 Å². The standard InChI is InChI=1S/C26H18Cl2F3N9O2/c1-13-9-16(27)10-18(22(32)41)21(13)34-25(42)20-11-17(36-40(20)24-19(28)3-2-8-33-24)12-39-23(35-37-38-39)14-4-6-15(7-5-14)26(29,30)31/h2-11H,12H2,1H3,(H2,32,41)(H,34,42). The molecule has 0 atom stereocenters. The zero-order chi connectivity index (χ0) is 30.2. The first kappa shape index (κ1) is 28.7. The molecule has 0 unspecified atom stereocenters. The molecule has 214 valence electrons. The summed E-state index contributed by atoms with van der Waals surface area (Å²) in [6.07, 6.45) is -3.04. The van der Waals surface area contributed by atoms with Gasteiger partial charge in [-0.1, -0.05) is 35.3 Å². The lowest BCUT2D eigenvalue weighted by Crippen LogP contribution is -2.21. The van der Waals surface area contributed by atoms with Crippen LogP contribution in [0.15, 0.2) is 60.8 Å². The first-order chi connectivity index (χ1) is 19.9. The number of alkyl halides is 3. The van der Waals surface area contributed by atoms with E-state index in [2.05, 4.69) is 30.9 Å². The average molecular weight is 616 g/mol. The number of halogens is 5. The number of nitrogens with two attached hydrogens (primary N) is 1. The second-order valence-electron chi connectivity index (χ2n) is 8.94. The monoisotopic (exact) mass is 615 g/mol. The number of nitrogens with one attached hydrogen (secondary N) is 1. The van der Waals surface area contributed by atoms with Crippen molar-refractivity contribution >= 4 is 40.7 Å². The summed E-state index contributed by atoms with van der Waals surface area (Å²) in [5.74, 6) is -1.17. The molecule has 0 spiro atoms. The molecule has 0 radical (unpaired) electrons. The molecule has 2 aromatic carbocycles. The normalized spacial score (nSPS) is 11.5. The van der Waals surface area contributed by atoms with Gasteiger partial charge in [-0.05, 0) is 65.4 Å². The van der Waals surface area contributed by atoms with E-state index in [0.717, 1.165) is 12.1 Å². The van der Waals surface area contributed by atoms with Gasteiger partial charge in [-0.15, -0.1) is 5.10 Å². The number of pyridine rings is 1. The van der Waals surface area contributed by atoms with Gasteiger partial charge >= 0.3 is 6.18 Å². The largest absolute Gasteiger partial charge is 0.416 e. The first-order valence-corrected chi connectivity index (χ1v) is 12.7. The van der Waals surface area contributed by atoms with Crippen LogP contribution in [0.3, 0.4) is 0 Å². The van der Waals surface area contributed by atoms with E-state index in [4.69, 9.17) is 28.9 Å². The Morgan fingerprint density at radius 2 is 1.81 bits per heavy atom. The molecule has 16 heteroatoms. The van der Waals surface area contributed by atoms with Crippen LogP contribution in [0, 0.1) is 6.92 Å². The topological polar surface area (TPSA) is 146 Å². The van der Waals surface area contributed by atoms with Gasteiger partial charge in [-0.25, -0.2) is 14.3 Å². The van der Waals surface area contributed by atoms with Crippen LogP contribution in [-0.4, -0.2) is 46.8 Å². The van der Waals surface area contributed by atoms with Crippen LogP contribution in [0.5, 0.6) is 0 Å². The fraction of sp³-hybridized carbons (Fsp3) is 0.115. The van der Waals surface area contributed by atoms with Gasteiger partial charge in [-0.3, -0.25) is 9.59 Å². The highest BCUT2D eigenvalue weighted by molar-refractivity contribution is 6.32. The number of benzene rings is 2. The maximum absolute atomic E-state index is 13.6. The van der Waals surface area contributed by atoms with Crippen molar-refractivity contribution in [1.29, 1.82) is 0 Å². The van der Waals surface area contributed by atoms with E-state index in [-0.39, 0.29) is 50.9 Å². The molecular formula is C26H18Cl2F3N9O2. The number of carbonyl (C=O) groups is 2. The van der Waals surface area contributed by atoms with Crippen LogP contribution in [-0.2, 0) is 12.7 Å².